The summed E-state index contributed by atoms with van der Waals surface area (Å²) in [6.07, 6.45) is 2.60. The summed E-state index contributed by atoms with van der Waals surface area (Å²) in [4.78, 5) is 28.6. The van der Waals surface area contributed by atoms with Crippen molar-refractivity contribution in [3.8, 4) is 0 Å². The van der Waals surface area contributed by atoms with Crippen LogP contribution in [0.15, 0.2) is 18.3 Å². The molecule has 1 saturated heterocycles. The highest BCUT2D eigenvalue weighted by Crippen LogP contribution is 2.34. The van der Waals surface area contributed by atoms with Gasteiger partial charge in [-0.15, -0.1) is 0 Å². The molecule has 1 aromatic rings. The Kier molecular flexibility index (Phi) is 3.50. The van der Waals surface area contributed by atoms with Crippen LogP contribution in [0.1, 0.15) is 36.5 Å². The second kappa shape index (κ2) is 4.95. The van der Waals surface area contributed by atoms with Crippen molar-refractivity contribution in [1.29, 1.82) is 0 Å². The number of likely N-dealkylation sites (tertiary alicyclic amines) is 1. The predicted octanol–water partition coefficient (Wildman–Crippen LogP) is 1.69. The number of rotatable bonds is 3. The first-order chi connectivity index (χ1) is 9.01. The topological polar surface area (TPSA) is 70.5 Å². The van der Waals surface area contributed by atoms with Crippen molar-refractivity contribution in [2.24, 2.45) is 0 Å². The molecule has 0 aliphatic carbocycles. The van der Waals surface area contributed by atoms with Gasteiger partial charge in [-0.25, -0.2) is 9.78 Å². The predicted molar refractivity (Wildman–Crippen MR) is 65.1 cm³/mol. The van der Waals surface area contributed by atoms with Crippen molar-refractivity contribution < 1.29 is 19.1 Å². The van der Waals surface area contributed by atoms with Gasteiger partial charge in [0.15, 0.2) is 0 Å². The van der Waals surface area contributed by atoms with E-state index in [4.69, 9.17) is 0 Å². The molecule has 1 aromatic heterocycles. The Morgan fingerprint density at radius 3 is 2.89 bits per heavy atom. The lowest BCUT2D eigenvalue weighted by molar-refractivity contribution is -0.148. The number of aromatic nitrogens is 1. The summed E-state index contributed by atoms with van der Waals surface area (Å²) >= 11 is 0. The van der Waals surface area contributed by atoms with Crippen LogP contribution in [-0.2, 0) is 4.79 Å². The van der Waals surface area contributed by atoms with E-state index in [2.05, 4.69) is 4.98 Å². The molecule has 0 radical (unpaired) electrons. The highest BCUT2D eigenvalue weighted by atomic mass is 19.1. The van der Waals surface area contributed by atoms with E-state index >= 15 is 0 Å². The summed E-state index contributed by atoms with van der Waals surface area (Å²) < 4.78 is 13.0. The summed E-state index contributed by atoms with van der Waals surface area (Å²) in [7, 11) is 0. The van der Waals surface area contributed by atoms with Crippen LogP contribution < -0.4 is 0 Å². The van der Waals surface area contributed by atoms with Crippen LogP contribution in [0, 0.1) is 5.95 Å². The molecule has 2 rings (SSSR count). The van der Waals surface area contributed by atoms with Gasteiger partial charge in [0.1, 0.15) is 5.54 Å². The van der Waals surface area contributed by atoms with Gasteiger partial charge in [-0.3, -0.25) is 4.79 Å². The van der Waals surface area contributed by atoms with Gasteiger partial charge >= 0.3 is 5.97 Å². The Labute approximate surface area is 110 Å². The fourth-order valence-electron chi connectivity index (χ4n) is 2.61. The molecule has 1 aliphatic rings. The molecule has 19 heavy (non-hydrogen) atoms. The van der Waals surface area contributed by atoms with Gasteiger partial charge in [0, 0.05) is 24.4 Å². The van der Waals surface area contributed by atoms with Gasteiger partial charge < -0.3 is 10.0 Å². The largest absolute Gasteiger partial charge is 0.479 e. The molecule has 0 bridgehead atoms. The highest BCUT2D eigenvalue weighted by molar-refractivity contribution is 5.98. The average Bonchev–Trinajstić information content (AvgIpc) is 2.82. The van der Waals surface area contributed by atoms with Gasteiger partial charge in [0.05, 0.1) is 0 Å². The number of nitrogens with zero attached hydrogens (tertiary/aromatic N) is 2. The van der Waals surface area contributed by atoms with Crippen LogP contribution in [0.5, 0.6) is 0 Å². The summed E-state index contributed by atoms with van der Waals surface area (Å²) in [6, 6.07) is 2.43. The molecule has 1 aliphatic heterocycles. The number of hydrogen-bond acceptors (Lipinski definition) is 3. The molecule has 5 nitrogen and oxygen atoms in total. The average molecular weight is 266 g/mol. The molecule has 1 atom stereocenters. The Bertz CT molecular complexity index is 520. The minimum absolute atomic E-state index is 0.133. The molecular weight excluding hydrogens is 251 g/mol. The third-order valence-corrected chi connectivity index (χ3v) is 3.69. The first-order valence-corrected chi connectivity index (χ1v) is 6.18. The number of carbonyl (C=O) groups is 2. The Morgan fingerprint density at radius 1 is 1.58 bits per heavy atom. The normalized spacial score (nSPS) is 22.5. The number of amides is 1. The van der Waals surface area contributed by atoms with Gasteiger partial charge in [-0.2, -0.15) is 4.39 Å². The molecule has 1 unspecified atom stereocenters. The zero-order valence-electron chi connectivity index (χ0n) is 10.6. The number of hydrogen-bond donors (Lipinski definition) is 1. The van der Waals surface area contributed by atoms with Gasteiger partial charge in [0.2, 0.25) is 5.95 Å². The molecule has 6 heteroatoms. The van der Waals surface area contributed by atoms with E-state index in [9.17, 15) is 19.1 Å². The lowest BCUT2D eigenvalue weighted by atomic mass is 9.92. The van der Waals surface area contributed by atoms with Gasteiger partial charge in [0.25, 0.3) is 5.91 Å². The fourth-order valence-corrected chi connectivity index (χ4v) is 2.61. The van der Waals surface area contributed by atoms with Crippen molar-refractivity contribution >= 4 is 11.9 Å². The Hall–Kier alpha value is -1.98. The highest BCUT2D eigenvalue weighted by Gasteiger charge is 2.48. The van der Waals surface area contributed by atoms with Crippen molar-refractivity contribution in [2.45, 2.75) is 31.7 Å². The van der Waals surface area contributed by atoms with E-state index in [-0.39, 0.29) is 5.56 Å². The molecule has 2 heterocycles. The van der Waals surface area contributed by atoms with Crippen molar-refractivity contribution in [1.82, 2.24) is 9.88 Å². The maximum absolute atomic E-state index is 13.0. The van der Waals surface area contributed by atoms with E-state index < -0.39 is 23.4 Å². The second-order valence-electron chi connectivity index (χ2n) is 4.62. The number of pyridine rings is 1. The minimum atomic E-state index is -1.17. The number of halogens is 1. The Morgan fingerprint density at radius 2 is 2.32 bits per heavy atom. The quantitative estimate of drug-likeness (QED) is 0.845. The molecule has 0 aromatic carbocycles. The maximum atomic E-state index is 13.0. The molecule has 1 amide bonds. The first-order valence-electron chi connectivity index (χ1n) is 6.18. The molecule has 0 spiro atoms. The number of aliphatic carboxylic acids is 1. The first kappa shape index (κ1) is 13.5. The van der Waals surface area contributed by atoms with E-state index in [1.54, 1.807) is 6.92 Å². The van der Waals surface area contributed by atoms with E-state index in [0.29, 0.717) is 25.8 Å². The molecule has 102 valence electrons. The van der Waals surface area contributed by atoms with E-state index in [1.807, 2.05) is 0 Å². The Balaban J connectivity index is 2.35. The van der Waals surface area contributed by atoms with Crippen molar-refractivity contribution in [3.05, 3.63) is 29.8 Å². The smallest absolute Gasteiger partial charge is 0.329 e. The van der Waals surface area contributed by atoms with Gasteiger partial charge in [-0.05, 0) is 25.3 Å². The zero-order chi connectivity index (χ0) is 14.0. The van der Waals surface area contributed by atoms with E-state index in [0.717, 1.165) is 6.07 Å². The third kappa shape index (κ3) is 2.18. The van der Waals surface area contributed by atoms with Crippen molar-refractivity contribution in [3.63, 3.8) is 0 Å². The molecule has 1 fully saturated rings. The lowest BCUT2D eigenvalue weighted by Crippen LogP contribution is -2.52. The summed E-state index contributed by atoms with van der Waals surface area (Å²) in [5.41, 5.74) is -1.04. The standard InChI is InChI=1S/C13H15FN2O3/c1-2-13(12(18)19)5-3-7-16(13)11(17)9-4-6-15-10(14)8-9/h4,6,8H,2-3,5,7H2,1H3,(H,18,19). The van der Waals surface area contributed by atoms with Crippen LogP contribution in [0.2, 0.25) is 0 Å². The third-order valence-electron chi connectivity index (χ3n) is 3.69. The molecule has 0 saturated carbocycles. The zero-order valence-corrected chi connectivity index (χ0v) is 10.6. The van der Waals surface area contributed by atoms with Crippen LogP contribution in [-0.4, -0.2) is 39.0 Å². The van der Waals surface area contributed by atoms with Crippen LogP contribution in [0.25, 0.3) is 0 Å². The molecular formula is C13H15FN2O3. The fraction of sp³-hybridized carbons (Fsp3) is 0.462. The summed E-state index contributed by atoms with van der Waals surface area (Å²) in [6.45, 7) is 2.12. The SMILES string of the molecule is CCC1(C(=O)O)CCCN1C(=O)c1ccnc(F)c1. The van der Waals surface area contributed by atoms with E-state index in [1.165, 1.54) is 17.2 Å². The monoisotopic (exact) mass is 266 g/mol. The summed E-state index contributed by atoms with van der Waals surface area (Å²) in [5.74, 6) is -2.21. The van der Waals surface area contributed by atoms with Crippen LogP contribution in [0.3, 0.4) is 0 Å². The second-order valence-corrected chi connectivity index (χ2v) is 4.62. The summed E-state index contributed by atoms with van der Waals surface area (Å²) in [5, 5.41) is 9.40. The number of carbonyl (C=O) groups excluding carboxylic acids is 1. The van der Waals surface area contributed by atoms with Crippen LogP contribution >= 0.6 is 0 Å². The van der Waals surface area contributed by atoms with Crippen molar-refractivity contribution in [2.75, 3.05) is 6.54 Å². The number of carboxylic acids is 1. The lowest BCUT2D eigenvalue weighted by Gasteiger charge is -2.33. The molecule has 1 N–H and O–H groups in total. The minimum Gasteiger partial charge on any atom is -0.479 e. The van der Waals surface area contributed by atoms with Gasteiger partial charge in [-0.1, -0.05) is 6.92 Å². The number of carboxylic acid groups (broad SMARTS) is 1. The van der Waals surface area contributed by atoms with Crippen LogP contribution in [0.4, 0.5) is 4.39 Å². The maximum Gasteiger partial charge on any atom is 0.329 e.